The summed E-state index contributed by atoms with van der Waals surface area (Å²) in [4.78, 5) is 24.3. The fraction of sp³-hybridized carbons (Fsp3) is 0.238. The molecule has 1 aliphatic rings. The highest BCUT2D eigenvalue weighted by atomic mass is 16.5. The van der Waals surface area contributed by atoms with Gasteiger partial charge in [0.1, 0.15) is 5.75 Å². The summed E-state index contributed by atoms with van der Waals surface area (Å²) in [6.07, 6.45) is 2.35. The quantitative estimate of drug-likeness (QED) is 0.932. The van der Waals surface area contributed by atoms with E-state index in [-0.39, 0.29) is 17.6 Å². The third-order valence-electron chi connectivity index (χ3n) is 4.51. The highest BCUT2D eigenvalue weighted by molar-refractivity contribution is 6.04. The number of nitrogens with one attached hydrogen (secondary N) is 1. The van der Waals surface area contributed by atoms with Crippen molar-refractivity contribution in [1.82, 2.24) is 5.32 Å². The SMILES string of the molecule is COc1ccc(C2CC(c3ccccc3)=CC(=O)C2NC(C)=O)cc1. The molecule has 4 nitrogen and oxygen atoms in total. The molecule has 2 unspecified atom stereocenters. The van der Waals surface area contributed by atoms with Crippen molar-refractivity contribution in [2.24, 2.45) is 0 Å². The molecule has 0 radical (unpaired) electrons. The number of ether oxygens (including phenoxy) is 1. The van der Waals surface area contributed by atoms with Gasteiger partial charge in [-0.25, -0.2) is 0 Å². The van der Waals surface area contributed by atoms with Crippen molar-refractivity contribution in [1.29, 1.82) is 0 Å². The molecule has 0 fully saturated rings. The molecule has 2 aromatic carbocycles. The summed E-state index contributed by atoms with van der Waals surface area (Å²) in [6, 6.07) is 17.0. The molecule has 0 heterocycles. The number of amides is 1. The second kappa shape index (κ2) is 7.34. The number of hydrogen-bond acceptors (Lipinski definition) is 3. The van der Waals surface area contributed by atoms with Gasteiger partial charge in [0.05, 0.1) is 13.2 Å². The summed E-state index contributed by atoms with van der Waals surface area (Å²) >= 11 is 0. The minimum Gasteiger partial charge on any atom is -0.497 e. The number of methoxy groups -OCH3 is 1. The van der Waals surface area contributed by atoms with Crippen LogP contribution in [0.25, 0.3) is 5.57 Å². The molecule has 1 N–H and O–H groups in total. The Balaban J connectivity index is 1.97. The van der Waals surface area contributed by atoms with Crippen LogP contribution in [0, 0.1) is 0 Å². The van der Waals surface area contributed by atoms with E-state index in [4.69, 9.17) is 4.74 Å². The standard InChI is InChI=1S/C21H21NO3/c1-14(23)22-21-19(16-8-10-18(25-2)11-9-16)12-17(13-20(21)24)15-6-4-3-5-7-15/h3-11,13,19,21H,12H2,1-2H3,(H,22,23). The molecule has 4 heteroatoms. The molecule has 0 aromatic heterocycles. The van der Waals surface area contributed by atoms with Gasteiger partial charge in [-0.15, -0.1) is 0 Å². The summed E-state index contributed by atoms with van der Waals surface area (Å²) < 4.78 is 5.21. The molecular formula is C21H21NO3. The van der Waals surface area contributed by atoms with Crippen LogP contribution in [0.3, 0.4) is 0 Å². The van der Waals surface area contributed by atoms with Gasteiger partial charge in [0.2, 0.25) is 5.91 Å². The number of carbonyl (C=O) groups excluding carboxylic acids is 2. The molecule has 1 amide bonds. The minimum absolute atomic E-state index is 0.0684. The Morgan fingerprint density at radius 3 is 2.36 bits per heavy atom. The van der Waals surface area contributed by atoms with E-state index >= 15 is 0 Å². The third-order valence-corrected chi connectivity index (χ3v) is 4.51. The normalized spacial score (nSPS) is 19.9. The topological polar surface area (TPSA) is 55.4 Å². The Kier molecular flexibility index (Phi) is 4.98. The molecular weight excluding hydrogens is 314 g/mol. The maximum Gasteiger partial charge on any atom is 0.217 e. The number of benzene rings is 2. The summed E-state index contributed by atoms with van der Waals surface area (Å²) in [6.45, 7) is 1.44. The van der Waals surface area contributed by atoms with Crippen LogP contribution in [0.4, 0.5) is 0 Å². The van der Waals surface area contributed by atoms with Crippen LogP contribution in [-0.2, 0) is 9.59 Å². The molecule has 0 saturated carbocycles. The zero-order valence-electron chi connectivity index (χ0n) is 14.4. The van der Waals surface area contributed by atoms with Crippen LogP contribution >= 0.6 is 0 Å². The average molecular weight is 335 g/mol. The van der Waals surface area contributed by atoms with Crippen LogP contribution in [0.1, 0.15) is 30.4 Å². The van der Waals surface area contributed by atoms with E-state index in [0.29, 0.717) is 6.42 Å². The molecule has 3 rings (SSSR count). The third kappa shape index (κ3) is 3.79. The molecule has 0 saturated heterocycles. The Hall–Kier alpha value is -2.88. The molecule has 2 atom stereocenters. The van der Waals surface area contributed by atoms with Crippen LogP contribution in [-0.4, -0.2) is 24.8 Å². The summed E-state index contributed by atoms with van der Waals surface area (Å²) in [5.74, 6) is 0.387. The lowest BCUT2D eigenvalue weighted by molar-refractivity contribution is -0.125. The first-order chi connectivity index (χ1) is 12.1. The number of allylic oxidation sites excluding steroid dienone is 1. The molecule has 0 spiro atoms. The fourth-order valence-electron chi connectivity index (χ4n) is 3.28. The Morgan fingerprint density at radius 1 is 1.08 bits per heavy atom. The molecule has 0 bridgehead atoms. The molecule has 128 valence electrons. The predicted molar refractivity (Wildman–Crippen MR) is 97.4 cm³/mol. The Labute approximate surface area is 147 Å². The smallest absolute Gasteiger partial charge is 0.217 e. The average Bonchev–Trinajstić information content (AvgIpc) is 2.64. The lowest BCUT2D eigenvalue weighted by atomic mass is 9.77. The number of ketones is 1. The van der Waals surface area contributed by atoms with Gasteiger partial charge in [0.25, 0.3) is 0 Å². The Morgan fingerprint density at radius 2 is 1.76 bits per heavy atom. The van der Waals surface area contributed by atoms with Gasteiger partial charge >= 0.3 is 0 Å². The van der Waals surface area contributed by atoms with E-state index in [1.54, 1.807) is 13.2 Å². The van der Waals surface area contributed by atoms with Crippen molar-refractivity contribution in [2.45, 2.75) is 25.3 Å². The van der Waals surface area contributed by atoms with Gasteiger partial charge in [-0.3, -0.25) is 9.59 Å². The lowest BCUT2D eigenvalue weighted by Crippen LogP contribution is -2.45. The minimum atomic E-state index is -0.543. The van der Waals surface area contributed by atoms with Crippen LogP contribution < -0.4 is 10.1 Å². The van der Waals surface area contributed by atoms with Gasteiger partial charge in [-0.1, -0.05) is 42.5 Å². The molecule has 25 heavy (non-hydrogen) atoms. The zero-order chi connectivity index (χ0) is 17.8. The molecule has 1 aliphatic carbocycles. The molecule has 2 aromatic rings. The van der Waals surface area contributed by atoms with E-state index in [9.17, 15) is 9.59 Å². The first-order valence-corrected chi connectivity index (χ1v) is 8.29. The van der Waals surface area contributed by atoms with E-state index < -0.39 is 6.04 Å². The van der Waals surface area contributed by atoms with Crippen LogP contribution in [0.2, 0.25) is 0 Å². The number of hydrogen-bond donors (Lipinski definition) is 1. The van der Waals surface area contributed by atoms with Gasteiger partial charge in [-0.2, -0.15) is 0 Å². The van der Waals surface area contributed by atoms with Gasteiger partial charge < -0.3 is 10.1 Å². The maximum absolute atomic E-state index is 12.7. The van der Waals surface area contributed by atoms with Gasteiger partial charge in [0, 0.05) is 12.8 Å². The van der Waals surface area contributed by atoms with Crippen molar-refractivity contribution in [3.8, 4) is 5.75 Å². The van der Waals surface area contributed by atoms with Crippen molar-refractivity contribution >= 4 is 17.3 Å². The lowest BCUT2D eigenvalue weighted by Gasteiger charge is -2.31. The van der Waals surface area contributed by atoms with E-state index in [2.05, 4.69) is 5.32 Å². The fourth-order valence-corrected chi connectivity index (χ4v) is 3.28. The first-order valence-electron chi connectivity index (χ1n) is 8.29. The van der Waals surface area contributed by atoms with Crippen LogP contribution in [0.15, 0.2) is 60.7 Å². The van der Waals surface area contributed by atoms with Gasteiger partial charge in [-0.05, 0) is 41.3 Å². The summed E-state index contributed by atoms with van der Waals surface area (Å²) in [5, 5.41) is 2.82. The number of rotatable bonds is 4. The number of carbonyl (C=O) groups is 2. The molecule has 0 aliphatic heterocycles. The van der Waals surface area contributed by atoms with E-state index in [0.717, 1.165) is 22.4 Å². The van der Waals surface area contributed by atoms with Crippen molar-refractivity contribution in [3.05, 3.63) is 71.8 Å². The summed E-state index contributed by atoms with van der Waals surface area (Å²) in [5.41, 5.74) is 3.04. The second-order valence-corrected chi connectivity index (χ2v) is 6.20. The Bertz CT molecular complexity index is 794. The monoisotopic (exact) mass is 335 g/mol. The first kappa shape index (κ1) is 17.0. The highest BCUT2D eigenvalue weighted by Crippen LogP contribution is 2.36. The van der Waals surface area contributed by atoms with Gasteiger partial charge in [0.15, 0.2) is 5.78 Å². The van der Waals surface area contributed by atoms with E-state index in [1.165, 1.54) is 6.92 Å². The van der Waals surface area contributed by atoms with E-state index in [1.807, 2.05) is 54.6 Å². The second-order valence-electron chi connectivity index (χ2n) is 6.20. The largest absolute Gasteiger partial charge is 0.497 e. The van der Waals surface area contributed by atoms with Crippen molar-refractivity contribution in [2.75, 3.05) is 7.11 Å². The predicted octanol–water partition coefficient (Wildman–Crippen LogP) is 3.34. The summed E-state index contributed by atoms with van der Waals surface area (Å²) in [7, 11) is 1.62. The van der Waals surface area contributed by atoms with Crippen LogP contribution in [0.5, 0.6) is 5.75 Å². The maximum atomic E-state index is 12.7. The highest BCUT2D eigenvalue weighted by Gasteiger charge is 2.34. The zero-order valence-corrected chi connectivity index (χ0v) is 14.4. The van der Waals surface area contributed by atoms with Crippen molar-refractivity contribution in [3.63, 3.8) is 0 Å². The van der Waals surface area contributed by atoms with Crippen molar-refractivity contribution < 1.29 is 14.3 Å².